The lowest BCUT2D eigenvalue weighted by Crippen LogP contribution is -2.07. The number of hydrogen-bond donors (Lipinski definition) is 2. The summed E-state index contributed by atoms with van der Waals surface area (Å²) in [5.74, 6) is -0.368. The Morgan fingerprint density at radius 3 is 2.17 bits per heavy atom. The molecule has 0 saturated carbocycles. The van der Waals surface area contributed by atoms with Crippen LogP contribution in [0.1, 0.15) is 18.1 Å². The lowest BCUT2D eigenvalue weighted by molar-refractivity contribution is -0.114. The summed E-state index contributed by atoms with van der Waals surface area (Å²) in [4.78, 5) is 22.9. The lowest BCUT2D eigenvalue weighted by Gasteiger charge is -2.03. The van der Waals surface area contributed by atoms with E-state index in [-0.39, 0.29) is 11.8 Å². The van der Waals surface area contributed by atoms with Crippen molar-refractivity contribution in [1.82, 2.24) is 0 Å². The van der Waals surface area contributed by atoms with Gasteiger partial charge in [-0.1, -0.05) is 24.3 Å². The molecule has 0 heterocycles. The van der Waals surface area contributed by atoms with E-state index in [2.05, 4.69) is 16.7 Å². The summed E-state index contributed by atoms with van der Waals surface area (Å²) < 4.78 is 0. The first-order valence-corrected chi connectivity index (χ1v) is 7.39. The Balaban J connectivity index is 1.92. The molecule has 0 fully saturated rings. The fourth-order valence-corrected chi connectivity index (χ4v) is 2.03. The van der Waals surface area contributed by atoms with Crippen molar-refractivity contribution in [3.05, 3.63) is 65.7 Å². The van der Waals surface area contributed by atoms with E-state index in [9.17, 15) is 9.59 Å². The topological polar surface area (TPSA) is 82.0 Å². The van der Waals surface area contributed by atoms with E-state index in [1.165, 1.54) is 13.0 Å². The van der Waals surface area contributed by atoms with Crippen molar-refractivity contribution in [2.75, 3.05) is 10.6 Å². The lowest BCUT2D eigenvalue weighted by atomic mass is 10.1. The maximum Gasteiger partial charge on any atom is 0.248 e. The molecule has 0 radical (unpaired) electrons. The first-order valence-electron chi connectivity index (χ1n) is 7.39. The molecule has 5 heteroatoms. The zero-order valence-electron chi connectivity index (χ0n) is 13.2. The summed E-state index contributed by atoms with van der Waals surface area (Å²) in [5, 5.41) is 14.1. The third-order valence-electron chi connectivity index (χ3n) is 3.16. The molecular formula is C19H17N3O2. The summed E-state index contributed by atoms with van der Waals surface area (Å²) in [7, 11) is 0. The number of carbonyl (C=O) groups excluding carboxylic acids is 2. The normalized spacial score (nSPS) is 10.2. The van der Waals surface area contributed by atoms with Gasteiger partial charge in [-0.15, -0.1) is 0 Å². The van der Waals surface area contributed by atoms with E-state index in [1.807, 2.05) is 24.3 Å². The van der Waals surface area contributed by atoms with Crippen LogP contribution in [0.25, 0.3) is 6.08 Å². The van der Waals surface area contributed by atoms with Gasteiger partial charge < -0.3 is 10.6 Å². The molecule has 2 rings (SSSR count). The molecule has 2 N–H and O–H groups in total. The second-order valence-corrected chi connectivity index (χ2v) is 5.16. The molecule has 120 valence electrons. The molecule has 0 saturated heterocycles. The van der Waals surface area contributed by atoms with Crippen LogP contribution in [0, 0.1) is 11.3 Å². The average molecular weight is 319 g/mol. The molecule has 0 atom stereocenters. The standard InChI is InChI=1S/C19H17N3O2/c1-14(23)21-17-7-2-15(3-8-17)6-11-19(24)22-18-9-4-16(5-10-18)12-13-20/h2-11H,12H2,1H3,(H,21,23)(H,22,24)/b11-6+. The molecule has 0 aromatic heterocycles. The predicted molar refractivity (Wildman–Crippen MR) is 94.2 cm³/mol. The van der Waals surface area contributed by atoms with Crippen molar-refractivity contribution in [2.45, 2.75) is 13.3 Å². The second-order valence-electron chi connectivity index (χ2n) is 5.16. The van der Waals surface area contributed by atoms with Gasteiger partial charge in [-0.3, -0.25) is 9.59 Å². The Hall–Kier alpha value is -3.39. The van der Waals surface area contributed by atoms with E-state index < -0.39 is 0 Å². The maximum atomic E-state index is 11.9. The number of carbonyl (C=O) groups is 2. The molecule has 0 spiro atoms. The van der Waals surface area contributed by atoms with Crippen LogP contribution in [-0.2, 0) is 16.0 Å². The van der Waals surface area contributed by atoms with Gasteiger partial charge in [-0.05, 0) is 41.5 Å². The van der Waals surface area contributed by atoms with Gasteiger partial charge in [0.15, 0.2) is 0 Å². The van der Waals surface area contributed by atoms with Gasteiger partial charge in [0, 0.05) is 24.4 Å². The number of amides is 2. The Morgan fingerprint density at radius 1 is 1.00 bits per heavy atom. The smallest absolute Gasteiger partial charge is 0.248 e. The Kier molecular flexibility index (Phi) is 5.87. The van der Waals surface area contributed by atoms with E-state index in [4.69, 9.17) is 5.26 Å². The first kappa shape index (κ1) is 17.0. The maximum absolute atomic E-state index is 11.9. The minimum absolute atomic E-state index is 0.126. The van der Waals surface area contributed by atoms with Crippen LogP contribution in [0.15, 0.2) is 54.6 Å². The highest BCUT2D eigenvalue weighted by Crippen LogP contribution is 2.12. The van der Waals surface area contributed by atoms with E-state index in [0.717, 1.165) is 11.1 Å². The third kappa shape index (κ3) is 5.43. The van der Waals surface area contributed by atoms with Crippen LogP contribution in [0.5, 0.6) is 0 Å². The number of benzene rings is 2. The molecule has 24 heavy (non-hydrogen) atoms. The highest BCUT2D eigenvalue weighted by molar-refractivity contribution is 6.02. The molecule has 0 aliphatic rings. The molecule has 2 aromatic rings. The van der Waals surface area contributed by atoms with Crippen molar-refractivity contribution >= 4 is 29.3 Å². The van der Waals surface area contributed by atoms with Crippen molar-refractivity contribution < 1.29 is 9.59 Å². The second kappa shape index (κ2) is 8.30. The Labute approximate surface area is 140 Å². The highest BCUT2D eigenvalue weighted by atomic mass is 16.2. The predicted octanol–water partition coefficient (Wildman–Crippen LogP) is 3.36. The molecule has 5 nitrogen and oxygen atoms in total. The number of nitrogens with one attached hydrogen (secondary N) is 2. The van der Waals surface area contributed by atoms with E-state index >= 15 is 0 Å². The molecular weight excluding hydrogens is 302 g/mol. The van der Waals surface area contributed by atoms with E-state index in [0.29, 0.717) is 17.8 Å². The van der Waals surface area contributed by atoms with Crippen LogP contribution in [0.2, 0.25) is 0 Å². The first-order chi connectivity index (χ1) is 11.6. The summed E-state index contributed by atoms with van der Waals surface area (Å²) in [6.07, 6.45) is 3.48. The number of nitriles is 1. The number of anilines is 2. The fourth-order valence-electron chi connectivity index (χ4n) is 2.03. The van der Waals surface area contributed by atoms with Crippen LogP contribution < -0.4 is 10.6 Å². The van der Waals surface area contributed by atoms with Gasteiger partial charge in [-0.25, -0.2) is 0 Å². The van der Waals surface area contributed by atoms with Crippen molar-refractivity contribution in [3.63, 3.8) is 0 Å². The highest BCUT2D eigenvalue weighted by Gasteiger charge is 1.99. The molecule has 2 aromatic carbocycles. The summed E-state index contributed by atoms with van der Waals surface area (Å²) in [6.45, 7) is 1.45. The Bertz CT molecular complexity index is 785. The summed E-state index contributed by atoms with van der Waals surface area (Å²) >= 11 is 0. The van der Waals surface area contributed by atoms with Gasteiger partial charge in [-0.2, -0.15) is 5.26 Å². The van der Waals surface area contributed by atoms with Crippen molar-refractivity contribution in [1.29, 1.82) is 5.26 Å². The summed E-state index contributed by atoms with van der Waals surface area (Å²) in [5.41, 5.74) is 3.14. The van der Waals surface area contributed by atoms with Crippen molar-refractivity contribution in [3.8, 4) is 6.07 Å². The van der Waals surface area contributed by atoms with Crippen LogP contribution in [0.4, 0.5) is 11.4 Å². The van der Waals surface area contributed by atoms with Gasteiger partial charge in [0.05, 0.1) is 12.5 Å². The fraction of sp³-hybridized carbons (Fsp3) is 0.105. The molecule has 2 amide bonds. The zero-order chi connectivity index (χ0) is 17.4. The average Bonchev–Trinajstić information content (AvgIpc) is 2.56. The zero-order valence-corrected chi connectivity index (χ0v) is 13.2. The molecule has 0 aliphatic carbocycles. The van der Waals surface area contributed by atoms with Crippen LogP contribution in [-0.4, -0.2) is 11.8 Å². The van der Waals surface area contributed by atoms with Crippen molar-refractivity contribution in [2.24, 2.45) is 0 Å². The SMILES string of the molecule is CC(=O)Nc1ccc(/C=C/C(=O)Nc2ccc(CC#N)cc2)cc1. The van der Waals surface area contributed by atoms with Gasteiger partial charge in [0.1, 0.15) is 0 Å². The van der Waals surface area contributed by atoms with Crippen LogP contribution in [0.3, 0.4) is 0 Å². The number of rotatable bonds is 5. The quantitative estimate of drug-likeness (QED) is 0.829. The third-order valence-corrected chi connectivity index (χ3v) is 3.16. The Morgan fingerprint density at radius 2 is 1.58 bits per heavy atom. The van der Waals surface area contributed by atoms with Crippen LogP contribution >= 0.6 is 0 Å². The van der Waals surface area contributed by atoms with Gasteiger partial charge in [0.2, 0.25) is 11.8 Å². The largest absolute Gasteiger partial charge is 0.326 e. The van der Waals surface area contributed by atoms with E-state index in [1.54, 1.807) is 30.3 Å². The van der Waals surface area contributed by atoms with Gasteiger partial charge in [0.25, 0.3) is 0 Å². The number of hydrogen-bond acceptors (Lipinski definition) is 3. The minimum atomic E-state index is -0.242. The number of nitrogens with zero attached hydrogens (tertiary/aromatic N) is 1. The summed E-state index contributed by atoms with van der Waals surface area (Å²) in [6, 6.07) is 16.4. The molecule has 0 aliphatic heterocycles. The molecule has 0 bridgehead atoms. The monoisotopic (exact) mass is 319 g/mol. The molecule has 0 unspecified atom stereocenters. The minimum Gasteiger partial charge on any atom is -0.326 e. The van der Waals surface area contributed by atoms with Gasteiger partial charge >= 0.3 is 0 Å².